The van der Waals surface area contributed by atoms with Gasteiger partial charge in [-0.15, -0.1) is 11.6 Å². The molecule has 0 heterocycles. The highest BCUT2D eigenvalue weighted by Gasteiger charge is 2.29. The minimum atomic E-state index is 0.170. The lowest BCUT2D eigenvalue weighted by Crippen LogP contribution is -2.42. The van der Waals surface area contributed by atoms with Crippen LogP contribution in [0.3, 0.4) is 0 Å². The van der Waals surface area contributed by atoms with E-state index in [1.54, 1.807) is 0 Å². The molecule has 0 aromatic heterocycles. The van der Waals surface area contributed by atoms with Gasteiger partial charge in [0.1, 0.15) is 0 Å². The van der Waals surface area contributed by atoms with Crippen LogP contribution in [0.1, 0.15) is 26.7 Å². The van der Waals surface area contributed by atoms with E-state index in [9.17, 15) is 0 Å². The molecule has 2 heteroatoms. The second kappa shape index (κ2) is 3.10. The minimum Gasteiger partial charge on any atom is -0.326 e. The number of halogens is 1. The number of hydrogen-bond acceptors (Lipinski definition) is 1. The number of alkyl halides is 1. The fourth-order valence-electron chi connectivity index (χ4n) is 1.59. The summed E-state index contributed by atoms with van der Waals surface area (Å²) in [6.07, 6.45) is 2.16. The Morgan fingerprint density at radius 3 is 2.60 bits per heavy atom. The lowest BCUT2D eigenvalue weighted by atomic mass is 9.80. The number of hydrogen-bond donors (Lipinski definition) is 1. The maximum absolute atomic E-state index is 6.01. The Kier molecular flexibility index (Phi) is 2.59. The second-order valence-electron chi connectivity index (χ2n) is 3.44. The first-order valence-corrected chi connectivity index (χ1v) is 4.26. The van der Waals surface area contributed by atoms with E-state index in [0.717, 1.165) is 12.8 Å². The van der Waals surface area contributed by atoms with Crippen molar-refractivity contribution in [1.82, 2.24) is 0 Å². The van der Waals surface area contributed by atoms with E-state index >= 15 is 0 Å². The molecular formula is C8H15ClN. The Bertz CT molecular complexity index is 104. The van der Waals surface area contributed by atoms with Crippen LogP contribution in [0, 0.1) is 11.8 Å². The summed E-state index contributed by atoms with van der Waals surface area (Å²) in [7, 11) is 0. The zero-order chi connectivity index (χ0) is 7.72. The molecule has 59 valence electrons. The molecule has 0 unspecified atom stereocenters. The average molecular weight is 161 g/mol. The SMILES string of the molecule is C[C]1C[C@H](C)[C@@H](N)[C@@H](Cl)C1. The first kappa shape index (κ1) is 8.35. The molecule has 0 aromatic carbocycles. The van der Waals surface area contributed by atoms with Crippen LogP contribution in [0.5, 0.6) is 0 Å². The molecule has 1 fully saturated rings. The van der Waals surface area contributed by atoms with Crippen LogP contribution in [0.4, 0.5) is 0 Å². The van der Waals surface area contributed by atoms with Crippen molar-refractivity contribution in [2.24, 2.45) is 11.7 Å². The van der Waals surface area contributed by atoms with E-state index < -0.39 is 0 Å². The molecule has 1 aliphatic rings. The summed E-state index contributed by atoms with van der Waals surface area (Å²) in [6, 6.07) is 0.199. The van der Waals surface area contributed by atoms with Crippen LogP contribution in [0.15, 0.2) is 0 Å². The van der Waals surface area contributed by atoms with Crippen LogP contribution in [0.25, 0.3) is 0 Å². The molecular weight excluding hydrogens is 146 g/mol. The van der Waals surface area contributed by atoms with Gasteiger partial charge in [-0.05, 0) is 24.7 Å². The molecule has 3 atom stereocenters. The molecule has 1 nitrogen and oxygen atoms in total. The Balaban J connectivity index is 2.49. The predicted octanol–water partition coefficient (Wildman–Crippen LogP) is 1.95. The smallest absolute Gasteiger partial charge is 0.0495 e. The van der Waals surface area contributed by atoms with E-state index in [0.29, 0.717) is 5.92 Å². The van der Waals surface area contributed by atoms with Crippen LogP contribution in [-0.2, 0) is 0 Å². The van der Waals surface area contributed by atoms with Crippen molar-refractivity contribution in [2.45, 2.75) is 38.1 Å². The standard InChI is InChI=1S/C8H15ClN/c1-5-3-6(2)8(10)7(9)4-5/h6-8H,3-4,10H2,1-2H3/t6-,7-,8+/m0/s1. The van der Waals surface area contributed by atoms with Gasteiger partial charge in [-0.2, -0.15) is 0 Å². The van der Waals surface area contributed by atoms with E-state index in [1.165, 1.54) is 5.92 Å². The highest BCUT2D eigenvalue weighted by atomic mass is 35.5. The summed E-state index contributed by atoms with van der Waals surface area (Å²) in [5.41, 5.74) is 5.84. The van der Waals surface area contributed by atoms with Crippen molar-refractivity contribution < 1.29 is 0 Å². The summed E-state index contributed by atoms with van der Waals surface area (Å²) in [5.74, 6) is 2.06. The average Bonchev–Trinajstić information content (AvgIpc) is 1.82. The summed E-state index contributed by atoms with van der Waals surface area (Å²) < 4.78 is 0. The monoisotopic (exact) mass is 160 g/mol. The molecule has 0 saturated heterocycles. The first-order chi connectivity index (χ1) is 4.61. The molecule has 0 aliphatic heterocycles. The molecule has 2 N–H and O–H groups in total. The van der Waals surface area contributed by atoms with Crippen molar-refractivity contribution in [3.05, 3.63) is 5.92 Å². The zero-order valence-electron chi connectivity index (χ0n) is 6.60. The van der Waals surface area contributed by atoms with Gasteiger partial charge in [-0.1, -0.05) is 13.8 Å². The first-order valence-electron chi connectivity index (χ1n) is 3.82. The molecule has 1 saturated carbocycles. The summed E-state index contributed by atoms with van der Waals surface area (Å²) in [6.45, 7) is 4.33. The van der Waals surface area contributed by atoms with E-state index in [4.69, 9.17) is 17.3 Å². The molecule has 0 spiro atoms. The van der Waals surface area contributed by atoms with Crippen molar-refractivity contribution in [3.63, 3.8) is 0 Å². The lowest BCUT2D eigenvalue weighted by Gasteiger charge is -2.33. The third kappa shape index (κ3) is 1.64. The van der Waals surface area contributed by atoms with Gasteiger partial charge in [0.15, 0.2) is 0 Å². The van der Waals surface area contributed by atoms with Gasteiger partial charge >= 0.3 is 0 Å². The number of rotatable bonds is 0. The van der Waals surface area contributed by atoms with Gasteiger partial charge in [-0.3, -0.25) is 0 Å². The van der Waals surface area contributed by atoms with Crippen LogP contribution < -0.4 is 5.73 Å². The maximum Gasteiger partial charge on any atom is 0.0495 e. The third-order valence-electron chi connectivity index (χ3n) is 2.29. The largest absolute Gasteiger partial charge is 0.326 e. The van der Waals surface area contributed by atoms with Gasteiger partial charge in [-0.25, -0.2) is 0 Å². The van der Waals surface area contributed by atoms with E-state index in [-0.39, 0.29) is 11.4 Å². The second-order valence-corrected chi connectivity index (χ2v) is 4.00. The Morgan fingerprint density at radius 2 is 2.10 bits per heavy atom. The van der Waals surface area contributed by atoms with Gasteiger partial charge in [0.05, 0.1) is 0 Å². The lowest BCUT2D eigenvalue weighted by molar-refractivity contribution is 0.359. The quantitative estimate of drug-likeness (QED) is 0.539. The van der Waals surface area contributed by atoms with E-state index in [1.807, 2.05) is 0 Å². The molecule has 0 bridgehead atoms. The molecule has 1 radical (unpaired) electrons. The van der Waals surface area contributed by atoms with Crippen LogP contribution >= 0.6 is 11.6 Å². The van der Waals surface area contributed by atoms with Gasteiger partial charge in [0.2, 0.25) is 0 Å². The van der Waals surface area contributed by atoms with Crippen LogP contribution in [-0.4, -0.2) is 11.4 Å². The summed E-state index contributed by atoms with van der Waals surface area (Å²) >= 11 is 6.01. The van der Waals surface area contributed by atoms with Crippen molar-refractivity contribution >= 4 is 11.6 Å². The fourth-order valence-corrected chi connectivity index (χ4v) is 2.11. The van der Waals surface area contributed by atoms with Gasteiger partial charge in [0.25, 0.3) is 0 Å². The highest BCUT2D eigenvalue weighted by molar-refractivity contribution is 6.21. The third-order valence-corrected chi connectivity index (χ3v) is 2.73. The molecule has 1 aliphatic carbocycles. The topological polar surface area (TPSA) is 26.0 Å². The molecule has 0 amide bonds. The Labute approximate surface area is 67.9 Å². The van der Waals surface area contributed by atoms with E-state index in [2.05, 4.69) is 13.8 Å². The predicted molar refractivity (Wildman–Crippen MR) is 44.9 cm³/mol. The van der Waals surface area contributed by atoms with Crippen LogP contribution in [0.2, 0.25) is 0 Å². The fraction of sp³-hybridized carbons (Fsp3) is 0.875. The van der Waals surface area contributed by atoms with Crippen molar-refractivity contribution in [3.8, 4) is 0 Å². The summed E-state index contributed by atoms with van der Waals surface area (Å²) in [5, 5.41) is 0.170. The van der Waals surface area contributed by atoms with Crippen molar-refractivity contribution in [1.29, 1.82) is 0 Å². The summed E-state index contributed by atoms with van der Waals surface area (Å²) in [4.78, 5) is 0. The molecule has 0 aromatic rings. The minimum absolute atomic E-state index is 0.170. The zero-order valence-corrected chi connectivity index (χ0v) is 7.36. The Morgan fingerprint density at radius 1 is 1.50 bits per heavy atom. The normalized spacial score (nSPS) is 43.8. The number of nitrogens with two attached hydrogens (primary N) is 1. The van der Waals surface area contributed by atoms with Crippen molar-refractivity contribution in [2.75, 3.05) is 0 Å². The van der Waals surface area contributed by atoms with Gasteiger partial charge in [0, 0.05) is 11.4 Å². The van der Waals surface area contributed by atoms with Gasteiger partial charge < -0.3 is 5.73 Å². The molecule has 1 rings (SSSR count). The molecule has 10 heavy (non-hydrogen) atoms. The maximum atomic E-state index is 6.01. The highest BCUT2D eigenvalue weighted by Crippen LogP contribution is 2.31. The Hall–Kier alpha value is 0.250.